The van der Waals surface area contributed by atoms with Gasteiger partial charge < -0.3 is 14.7 Å². The van der Waals surface area contributed by atoms with Crippen LogP contribution in [0.5, 0.6) is 5.75 Å². The fourth-order valence-corrected chi connectivity index (χ4v) is 2.65. The number of carbonyl (C=O) groups excluding carboxylic acids is 1. The molecule has 1 aliphatic rings. The highest BCUT2D eigenvalue weighted by Crippen LogP contribution is 2.44. The average Bonchev–Trinajstić information content (AvgIpc) is 2.70. The van der Waals surface area contributed by atoms with Crippen molar-refractivity contribution in [3.8, 4) is 5.75 Å². The quantitative estimate of drug-likeness (QED) is 0.906. The number of benzene rings is 2. The minimum atomic E-state index is -1.65. The molecule has 1 atom stereocenters. The standard InChI is InChI=1S/C16H15NO3/c1-17-14-9-8-12(20-2)10-13(14)16(19,15(17)18)11-6-4-3-5-7-11/h3-10,19H,1-2H3. The molecule has 0 aromatic heterocycles. The number of rotatable bonds is 2. The van der Waals surface area contributed by atoms with Crippen LogP contribution in [0, 0.1) is 0 Å². The van der Waals surface area contributed by atoms with Crippen molar-refractivity contribution in [2.24, 2.45) is 0 Å². The van der Waals surface area contributed by atoms with Crippen LogP contribution in [0.4, 0.5) is 5.69 Å². The molecule has 1 amide bonds. The molecule has 4 heteroatoms. The lowest BCUT2D eigenvalue weighted by Gasteiger charge is -2.22. The van der Waals surface area contributed by atoms with Crippen LogP contribution in [0.2, 0.25) is 0 Å². The van der Waals surface area contributed by atoms with Gasteiger partial charge in [0, 0.05) is 12.6 Å². The van der Waals surface area contributed by atoms with E-state index >= 15 is 0 Å². The number of hydrogen-bond acceptors (Lipinski definition) is 3. The van der Waals surface area contributed by atoms with Crippen LogP contribution in [0.1, 0.15) is 11.1 Å². The number of fused-ring (bicyclic) bond motifs is 1. The maximum atomic E-state index is 12.5. The number of likely N-dealkylation sites (N-methyl/N-ethyl adjacent to an activating group) is 1. The van der Waals surface area contributed by atoms with Crippen LogP contribution in [0.3, 0.4) is 0 Å². The van der Waals surface area contributed by atoms with Gasteiger partial charge in [0.1, 0.15) is 5.75 Å². The molecular formula is C16H15NO3. The van der Waals surface area contributed by atoms with Gasteiger partial charge in [0.15, 0.2) is 5.60 Å². The van der Waals surface area contributed by atoms with E-state index in [9.17, 15) is 9.90 Å². The Morgan fingerprint density at radius 3 is 2.50 bits per heavy atom. The molecule has 3 rings (SSSR count). The molecule has 0 saturated carbocycles. The highest BCUT2D eigenvalue weighted by Gasteiger charge is 2.49. The fraction of sp³-hybridized carbons (Fsp3) is 0.188. The van der Waals surface area contributed by atoms with E-state index in [-0.39, 0.29) is 5.91 Å². The van der Waals surface area contributed by atoms with Gasteiger partial charge in [-0.3, -0.25) is 4.79 Å². The molecule has 102 valence electrons. The summed E-state index contributed by atoms with van der Waals surface area (Å²) in [5.41, 5.74) is 0.154. The van der Waals surface area contributed by atoms with Gasteiger partial charge in [-0.25, -0.2) is 0 Å². The summed E-state index contributed by atoms with van der Waals surface area (Å²) in [6.07, 6.45) is 0. The summed E-state index contributed by atoms with van der Waals surface area (Å²) in [7, 11) is 3.22. The summed E-state index contributed by atoms with van der Waals surface area (Å²) in [6.45, 7) is 0. The number of methoxy groups -OCH3 is 1. The lowest BCUT2D eigenvalue weighted by atomic mass is 9.87. The van der Waals surface area contributed by atoms with Gasteiger partial charge in [-0.2, -0.15) is 0 Å². The summed E-state index contributed by atoms with van der Waals surface area (Å²) in [5.74, 6) is 0.258. The third-order valence-corrected chi connectivity index (χ3v) is 3.76. The van der Waals surface area contributed by atoms with Crippen LogP contribution < -0.4 is 9.64 Å². The number of anilines is 1. The third kappa shape index (κ3) is 1.55. The predicted octanol–water partition coefficient (Wildman–Crippen LogP) is 1.91. The highest BCUT2D eigenvalue weighted by molar-refractivity contribution is 6.08. The Balaban J connectivity index is 2.26. The van der Waals surface area contributed by atoms with Crippen molar-refractivity contribution < 1.29 is 14.6 Å². The minimum Gasteiger partial charge on any atom is -0.497 e. The molecule has 1 heterocycles. The van der Waals surface area contributed by atoms with Crippen LogP contribution in [-0.4, -0.2) is 25.2 Å². The van der Waals surface area contributed by atoms with E-state index in [1.54, 1.807) is 56.6 Å². The molecule has 0 aliphatic carbocycles. The topological polar surface area (TPSA) is 49.8 Å². The molecule has 1 aliphatic heterocycles. The maximum Gasteiger partial charge on any atom is 0.268 e. The van der Waals surface area contributed by atoms with Gasteiger partial charge in [0.05, 0.1) is 12.8 Å². The highest BCUT2D eigenvalue weighted by atomic mass is 16.5. The summed E-state index contributed by atoms with van der Waals surface area (Å²) >= 11 is 0. The number of carbonyl (C=O) groups is 1. The molecule has 2 aromatic rings. The number of ether oxygens (including phenoxy) is 1. The Morgan fingerprint density at radius 2 is 1.85 bits per heavy atom. The maximum absolute atomic E-state index is 12.5. The summed E-state index contributed by atoms with van der Waals surface area (Å²) in [5, 5.41) is 11.0. The number of nitrogens with zero attached hydrogens (tertiary/aromatic N) is 1. The molecule has 2 aromatic carbocycles. The van der Waals surface area contributed by atoms with Gasteiger partial charge in [-0.1, -0.05) is 30.3 Å². The van der Waals surface area contributed by atoms with Crippen LogP contribution in [0.15, 0.2) is 48.5 Å². The monoisotopic (exact) mass is 269 g/mol. The molecule has 0 saturated heterocycles. The average molecular weight is 269 g/mol. The molecular weight excluding hydrogens is 254 g/mol. The van der Waals surface area contributed by atoms with Gasteiger partial charge in [0.25, 0.3) is 5.91 Å². The smallest absolute Gasteiger partial charge is 0.268 e. The fourth-order valence-electron chi connectivity index (χ4n) is 2.65. The first kappa shape index (κ1) is 12.7. The van der Waals surface area contributed by atoms with Crippen LogP contribution in [-0.2, 0) is 10.4 Å². The SMILES string of the molecule is COc1ccc2c(c1)C(O)(c1ccccc1)C(=O)N2C. The second kappa shape index (κ2) is 4.35. The largest absolute Gasteiger partial charge is 0.497 e. The Bertz CT molecular complexity index is 669. The lowest BCUT2D eigenvalue weighted by molar-refractivity contribution is -0.131. The molecule has 0 radical (unpaired) electrons. The van der Waals surface area contributed by atoms with Crippen molar-refractivity contribution in [3.05, 3.63) is 59.7 Å². The minimum absolute atomic E-state index is 0.355. The van der Waals surface area contributed by atoms with E-state index < -0.39 is 5.60 Å². The first-order valence-electron chi connectivity index (χ1n) is 6.33. The molecule has 0 fully saturated rings. The van der Waals surface area contributed by atoms with Crippen molar-refractivity contribution in [1.82, 2.24) is 0 Å². The number of amides is 1. The van der Waals surface area contributed by atoms with E-state index in [1.165, 1.54) is 4.90 Å². The molecule has 4 nitrogen and oxygen atoms in total. The lowest BCUT2D eigenvalue weighted by Crippen LogP contribution is -2.39. The Hall–Kier alpha value is -2.33. The van der Waals surface area contributed by atoms with Crippen molar-refractivity contribution in [2.45, 2.75) is 5.60 Å². The van der Waals surface area contributed by atoms with Crippen LogP contribution >= 0.6 is 0 Å². The molecule has 20 heavy (non-hydrogen) atoms. The first-order chi connectivity index (χ1) is 9.59. The molecule has 1 unspecified atom stereocenters. The Labute approximate surface area is 117 Å². The second-order valence-corrected chi connectivity index (χ2v) is 4.82. The van der Waals surface area contributed by atoms with Crippen molar-refractivity contribution in [1.29, 1.82) is 0 Å². The number of aliphatic hydroxyl groups is 1. The van der Waals surface area contributed by atoms with E-state index in [0.717, 1.165) is 0 Å². The molecule has 0 bridgehead atoms. The third-order valence-electron chi connectivity index (χ3n) is 3.76. The van der Waals surface area contributed by atoms with E-state index in [1.807, 2.05) is 6.07 Å². The van der Waals surface area contributed by atoms with Gasteiger partial charge in [-0.15, -0.1) is 0 Å². The summed E-state index contributed by atoms with van der Waals surface area (Å²) in [4.78, 5) is 14.0. The molecule has 0 spiro atoms. The first-order valence-corrected chi connectivity index (χ1v) is 6.33. The van der Waals surface area contributed by atoms with E-state index in [0.29, 0.717) is 22.6 Å². The normalized spacial score (nSPS) is 20.9. The van der Waals surface area contributed by atoms with Crippen molar-refractivity contribution >= 4 is 11.6 Å². The van der Waals surface area contributed by atoms with Crippen LogP contribution in [0.25, 0.3) is 0 Å². The van der Waals surface area contributed by atoms with Gasteiger partial charge in [-0.05, 0) is 23.8 Å². The predicted molar refractivity (Wildman–Crippen MR) is 75.8 cm³/mol. The zero-order valence-corrected chi connectivity index (χ0v) is 11.3. The summed E-state index contributed by atoms with van der Waals surface area (Å²) in [6, 6.07) is 14.2. The Morgan fingerprint density at radius 1 is 1.15 bits per heavy atom. The van der Waals surface area contributed by atoms with E-state index in [4.69, 9.17) is 4.74 Å². The summed E-state index contributed by atoms with van der Waals surface area (Å²) < 4.78 is 5.20. The zero-order chi connectivity index (χ0) is 14.3. The zero-order valence-electron chi connectivity index (χ0n) is 11.3. The Kier molecular flexibility index (Phi) is 2.76. The number of hydrogen-bond donors (Lipinski definition) is 1. The van der Waals surface area contributed by atoms with Gasteiger partial charge >= 0.3 is 0 Å². The van der Waals surface area contributed by atoms with E-state index in [2.05, 4.69) is 0 Å². The van der Waals surface area contributed by atoms with Crippen molar-refractivity contribution in [3.63, 3.8) is 0 Å². The van der Waals surface area contributed by atoms with Gasteiger partial charge in [0.2, 0.25) is 0 Å². The second-order valence-electron chi connectivity index (χ2n) is 4.82. The van der Waals surface area contributed by atoms with Crippen molar-refractivity contribution in [2.75, 3.05) is 19.1 Å². The molecule has 1 N–H and O–H groups in total.